The van der Waals surface area contributed by atoms with Gasteiger partial charge in [0.1, 0.15) is 72.5 Å². The number of unbranched alkanes of at least 4 members (excludes halogenated alkanes) is 1. The first-order chi connectivity index (χ1) is 48.1. The van der Waals surface area contributed by atoms with Crippen LogP contribution >= 0.6 is 25.3 Å². The number of guanidine groups is 1. The van der Waals surface area contributed by atoms with Crippen LogP contribution in [0.15, 0.2) is 4.99 Å². The first kappa shape index (κ1) is 87.1. The van der Waals surface area contributed by atoms with E-state index in [0.29, 0.717) is 25.7 Å². The maximum atomic E-state index is 14.3. The maximum absolute atomic E-state index is 14.3. The number of rotatable bonds is 44. The van der Waals surface area contributed by atoms with Crippen LogP contribution in [0.2, 0.25) is 0 Å². The molecule has 0 bridgehead atoms. The van der Waals surface area contributed by atoms with Crippen molar-refractivity contribution in [1.82, 2.24) is 67.9 Å². The third kappa shape index (κ3) is 28.3. The molecular weight excluding hydrogens is 1390 g/mol. The van der Waals surface area contributed by atoms with Gasteiger partial charge in [-0.05, 0) is 117 Å². The number of nitrogens with zero attached hydrogens (tertiary/aromatic N) is 4. The van der Waals surface area contributed by atoms with E-state index < -0.39 is 230 Å². The Hall–Kier alpha value is -9.16. The van der Waals surface area contributed by atoms with Gasteiger partial charge in [0, 0.05) is 56.9 Å². The van der Waals surface area contributed by atoms with Crippen LogP contribution in [-0.2, 0) is 81.5 Å². The van der Waals surface area contributed by atoms with Crippen molar-refractivity contribution in [3.8, 4) is 0 Å². The third-order valence-corrected chi connectivity index (χ3v) is 17.6. The number of aliphatic imine (C=N–C) groups is 1. The molecule has 0 spiro atoms. The summed E-state index contributed by atoms with van der Waals surface area (Å²) in [6.45, 7) is 2.85. The SMILES string of the molecule is C[C@H](NC(=O)CNC(=O)[C@H](CCC(=O)O)NC(=O)[C@@H]1CCCN1C(=O)[C@@H](NC(=O)[C@H](CCC(=O)O)NC(=O)[C@H](CCCN=C(N)N)NC(=O)[C@@H]1CCCN1C(=O)[C@@H](N)CS)[C@@H](C)O)C(=O)N[C@@H](CCC(=O)O)C(=O)N[C@@H](C)C(=O)N[C@@H](CCCCN)C(=O)N1CCC[C@H]1C(=O)N[C@@H](CS)C(=O)O. The molecule has 0 aromatic rings. The second kappa shape index (κ2) is 43.6. The molecule has 0 radical (unpaired) electrons. The van der Waals surface area contributed by atoms with Crippen molar-refractivity contribution >= 4 is 132 Å². The summed E-state index contributed by atoms with van der Waals surface area (Å²) in [5.41, 5.74) is 22.5. The van der Waals surface area contributed by atoms with Crippen LogP contribution in [0.4, 0.5) is 0 Å². The van der Waals surface area contributed by atoms with Crippen molar-refractivity contribution in [2.45, 2.75) is 215 Å². The van der Waals surface area contributed by atoms with Crippen molar-refractivity contribution in [1.29, 1.82) is 0 Å². The van der Waals surface area contributed by atoms with Gasteiger partial charge in [-0.3, -0.25) is 81.7 Å². The molecule has 23 N–H and O–H groups in total. The number of carbonyl (C=O) groups is 17. The Bertz CT molecular complexity index is 3060. The molecule has 3 saturated heterocycles. The van der Waals surface area contributed by atoms with Crippen molar-refractivity contribution in [2.75, 3.05) is 50.8 Å². The molecule has 0 aromatic carbocycles. The number of hydrogen-bond acceptors (Lipinski definition) is 23. The van der Waals surface area contributed by atoms with Gasteiger partial charge in [0.15, 0.2) is 5.96 Å². The van der Waals surface area contributed by atoms with E-state index in [1.807, 2.05) is 0 Å². The number of likely N-dealkylation sites (tertiary alicyclic amines) is 3. The molecule has 102 heavy (non-hydrogen) atoms. The van der Waals surface area contributed by atoms with E-state index in [-0.39, 0.29) is 95.1 Å². The Balaban J connectivity index is 1.72. The van der Waals surface area contributed by atoms with Gasteiger partial charge in [-0.15, -0.1) is 0 Å². The van der Waals surface area contributed by atoms with E-state index in [1.54, 1.807) is 0 Å². The van der Waals surface area contributed by atoms with E-state index >= 15 is 0 Å². The minimum Gasteiger partial charge on any atom is -0.481 e. The van der Waals surface area contributed by atoms with Gasteiger partial charge in [0.05, 0.1) is 18.7 Å². The van der Waals surface area contributed by atoms with Crippen LogP contribution in [-0.4, -0.2) is 282 Å². The van der Waals surface area contributed by atoms with Gasteiger partial charge in [0.2, 0.25) is 76.8 Å². The average molecular weight is 1490 g/mol. The van der Waals surface area contributed by atoms with E-state index in [2.05, 4.69) is 83.4 Å². The molecule has 3 aliphatic rings. The molecule has 3 rings (SSSR count). The number of thiol groups is 2. The fourth-order valence-corrected chi connectivity index (χ4v) is 11.6. The number of aliphatic hydroxyl groups excluding tert-OH is 1. The highest BCUT2D eigenvalue weighted by atomic mass is 32.1. The molecule has 0 saturated carbocycles. The summed E-state index contributed by atoms with van der Waals surface area (Å²) in [7, 11) is 0. The number of aliphatic carboxylic acids is 4. The van der Waals surface area contributed by atoms with E-state index in [0.717, 1.165) is 18.7 Å². The number of carboxylic acids is 4. The molecule has 3 fully saturated rings. The first-order valence-corrected chi connectivity index (χ1v) is 34.5. The molecule has 3 aliphatic heterocycles. The zero-order valence-corrected chi connectivity index (χ0v) is 58.7. The van der Waals surface area contributed by atoms with E-state index in [9.17, 15) is 107 Å². The fourth-order valence-electron chi connectivity index (χ4n) is 11.2. The molecule has 42 heteroatoms. The monoisotopic (exact) mass is 1490 g/mol. The molecular formula is C60H98N18O22S2. The largest absolute Gasteiger partial charge is 0.481 e. The standard InChI is InChI=1S/C60H98N18O22S2/c1-29(47(87)69-35(16-19-44(83)84)50(90)68-30(2)48(88)73-37(10-4-5-21-61)57(97)77-24-8-13-40(77)55(95)74-38(28-102)59(99)100)67-42(80)26-66-49(89)34(15-18-43(81)82)72-54(94)41-14-9-25-78(41)58(98)46(31(3)79)75-52(92)36(17-20-45(85)86)70-51(91)33(11-6-22-65-60(63)64)71-53(93)39-12-7-23-76(39)56(96)32(62)27-101/h29-41,46,79,101-102H,4-28,61-62H2,1-3H3,(H,66,89)(H,67,80)(H,68,90)(H,69,87)(H,70,91)(H,71,93)(H,72,94)(H,73,88)(H,74,95)(H,75,92)(H,81,82)(H,83,84)(H,85,86)(H,99,100)(H4,63,64,65)/t29-,30-,31+,32-,33-,34-,35-,36-,37-,38-,39-,40-,41-,46-/m0/s1. The van der Waals surface area contributed by atoms with Crippen molar-refractivity contribution in [3.63, 3.8) is 0 Å². The number of amides is 13. The predicted molar refractivity (Wildman–Crippen MR) is 364 cm³/mol. The Kier molecular flexibility index (Phi) is 37.2. The molecule has 572 valence electrons. The Labute approximate surface area is 597 Å². The van der Waals surface area contributed by atoms with Crippen molar-refractivity contribution in [3.05, 3.63) is 0 Å². The van der Waals surface area contributed by atoms with Gasteiger partial charge in [-0.2, -0.15) is 25.3 Å². The van der Waals surface area contributed by atoms with Crippen LogP contribution in [0.25, 0.3) is 0 Å². The summed E-state index contributed by atoms with van der Waals surface area (Å²) < 4.78 is 0. The summed E-state index contributed by atoms with van der Waals surface area (Å²) in [6, 6.07) is -18.6. The Morgan fingerprint density at radius 2 is 0.873 bits per heavy atom. The Morgan fingerprint density at radius 1 is 0.471 bits per heavy atom. The highest BCUT2D eigenvalue weighted by Gasteiger charge is 2.44. The van der Waals surface area contributed by atoms with Crippen LogP contribution < -0.4 is 76.1 Å². The van der Waals surface area contributed by atoms with Crippen LogP contribution in [0, 0.1) is 0 Å². The number of nitrogens with one attached hydrogen (secondary N) is 10. The fraction of sp³-hybridized carbons (Fsp3) is 0.700. The van der Waals surface area contributed by atoms with Crippen LogP contribution in [0.5, 0.6) is 0 Å². The number of hydrogen-bond donors (Lipinski definition) is 21. The minimum atomic E-state index is -1.89. The summed E-state index contributed by atoms with van der Waals surface area (Å²) >= 11 is 8.03. The molecule has 0 unspecified atom stereocenters. The smallest absolute Gasteiger partial charge is 0.327 e. The van der Waals surface area contributed by atoms with Crippen LogP contribution in [0.3, 0.4) is 0 Å². The highest BCUT2D eigenvalue weighted by Crippen LogP contribution is 2.23. The predicted octanol–water partition coefficient (Wildman–Crippen LogP) is -8.09. The molecule has 0 aromatic heterocycles. The van der Waals surface area contributed by atoms with Gasteiger partial charge >= 0.3 is 23.9 Å². The lowest BCUT2D eigenvalue weighted by Crippen LogP contribution is -2.61. The summed E-state index contributed by atoms with van der Waals surface area (Å²) in [4.78, 5) is 232. The van der Waals surface area contributed by atoms with Gasteiger partial charge in [-0.25, -0.2) is 4.79 Å². The van der Waals surface area contributed by atoms with Crippen molar-refractivity contribution < 1.29 is 107 Å². The maximum Gasteiger partial charge on any atom is 0.327 e. The summed E-state index contributed by atoms with van der Waals surface area (Å²) in [6.07, 6.45) is -3.65. The molecule has 14 atom stereocenters. The molecule has 40 nitrogen and oxygen atoms in total. The summed E-state index contributed by atoms with van der Waals surface area (Å²) in [5.74, 6) is -18.4. The summed E-state index contributed by atoms with van der Waals surface area (Å²) in [5, 5.41) is 72.8. The van der Waals surface area contributed by atoms with E-state index in [4.69, 9.17) is 22.9 Å². The second-order valence-corrected chi connectivity index (χ2v) is 25.5. The van der Waals surface area contributed by atoms with E-state index in [1.165, 1.54) is 16.7 Å². The lowest BCUT2D eigenvalue weighted by Gasteiger charge is -2.32. The van der Waals surface area contributed by atoms with Gasteiger partial charge < -0.3 is 116 Å². The normalized spacial score (nSPS) is 18.8. The quantitative estimate of drug-likeness (QED) is 0.0117. The highest BCUT2D eigenvalue weighted by molar-refractivity contribution is 7.80. The van der Waals surface area contributed by atoms with Crippen molar-refractivity contribution in [2.24, 2.45) is 27.9 Å². The average Bonchev–Trinajstić information content (AvgIpc) is 1.63. The third-order valence-electron chi connectivity index (χ3n) is 16.8. The lowest BCUT2D eigenvalue weighted by atomic mass is 10.0. The zero-order chi connectivity index (χ0) is 76.7. The van der Waals surface area contributed by atoms with Gasteiger partial charge in [0.25, 0.3) is 0 Å². The molecule has 3 heterocycles. The number of carbonyl (C=O) groups excluding carboxylic acids is 13. The topological polar surface area (TPSA) is 638 Å². The minimum absolute atomic E-state index is 0.0211. The number of carboxylic acid groups (broad SMARTS) is 4. The second-order valence-electron chi connectivity index (χ2n) is 24.7. The zero-order valence-electron chi connectivity index (χ0n) is 56.9. The first-order valence-electron chi connectivity index (χ1n) is 33.3. The number of aliphatic hydroxyl groups is 1. The molecule has 0 aliphatic carbocycles. The number of nitrogens with two attached hydrogens (primary N) is 4. The molecule has 13 amide bonds. The lowest BCUT2D eigenvalue weighted by molar-refractivity contribution is -0.145. The van der Waals surface area contributed by atoms with Gasteiger partial charge in [-0.1, -0.05) is 0 Å². The van der Waals surface area contributed by atoms with Crippen LogP contribution in [0.1, 0.15) is 130 Å². The Morgan fingerprint density at radius 3 is 1.31 bits per heavy atom.